The molecule has 0 atom stereocenters. The summed E-state index contributed by atoms with van der Waals surface area (Å²) in [6.07, 6.45) is 0. The predicted molar refractivity (Wildman–Crippen MR) is 83.2 cm³/mol. The molecule has 5 heteroatoms. The number of ether oxygens (including phenoxy) is 2. The molecule has 2 aromatic carbocycles. The molecule has 5 nitrogen and oxygen atoms in total. The van der Waals surface area contributed by atoms with Crippen LogP contribution >= 0.6 is 0 Å². The largest absolute Gasteiger partial charge is 0.465 e. The number of carbonyl (C=O) groups excluding carboxylic acids is 2. The van der Waals surface area contributed by atoms with Gasteiger partial charge in [0.2, 0.25) is 0 Å². The van der Waals surface area contributed by atoms with Crippen molar-refractivity contribution < 1.29 is 19.1 Å². The van der Waals surface area contributed by atoms with E-state index in [1.54, 1.807) is 6.92 Å². The summed E-state index contributed by atoms with van der Waals surface area (Å²) in [6.45, 7) is 1.78. The lowest BCUT2D eigenvalue weighted by molar-refractivity contribution is 0.0556. The van der Waals surface area contributed by atoms with E-state index in [9.17, 15) is 9.59 Å². The van der Waals surface area contributed by atoms with Gasteiger partial charge in [-0.05, 0) is 24.6 Å². The number of hydrogen-bond donors (Lipinski definition) is 1. The summed E-state index contributed by atoms with van der Waals surface area (Å²) in [5, 5.41) is 1.86. The molecule has 1 N–H and O–H groups in total. The number of aromatic nitrogens is 1. The third-order valence-electron chi connectivity index (χ3n) is 3.78. The van der Waals surface area contributed by atoms with Gasteiger partial charge in [-0.1, -0.05) is 18.2 Å². The van der Waals surface area contributed by atoms with E-state index in [1.807, 2.05) is 30.3 Å². The number of rotatable bonds is 2. The Morgan fingerprint density at radius 1 is 0.955 bits per heavy atom. The van der Waals surface area contributed by atoms with Crippen LogP contribution in [0.4, 0.5) is 0 Å². The number of H-pyrrole nitrogens is 1. The topological polar surface area (TPSA) is 68.4 Å². The minimum Gasteiger partial charge on any atom is -0.465 e. The van der Waals surface area contributed by atoms with Crippen LogP contribution in [0.25, 0.3) is 21.8 Å². The van der Waals surface area contributed by atoms with Crippen molar-refractivity contribution in [1.29, 1.82) is 0 Å². The Bertz CT molecular complexity index is 908. The van der Waals surface area contributed by atoms with Gasteiger partial charge in [0.1, 0.15) is 0 Å². The molecule has 22 heavy (non-hydrogen) atoms. The number of methoxy groups -OCH3 is 2. The van der Waals surface area contributed by atoms with Gasteiger partial charge < -0.3 is 14.5 Å². The number of fused-ring (bicyclic) bond motifs is 3. The molecule has 3 rings (SSSR count). The van der Waals surface area contributed by atoms with Crippen LogP contribution in [-0.4, -0.2) is 31.1 Å². The van der Waals surface area contributed by atoms with Crippen LogP contribution in [-0.2, 0) is 9.47 Å². The van der Waals surface area contributed by atoms with Gasteiger partial charge >= 0.3 is 11.9 Å². The first-order valence-corrected chi connectivity index (χ1v) is 6.79. The summed E-state index contributed by atoms with van der Waals surface area (Å²) in [6, 6.07) is 9.60. The molecule has 0 bridgehead atoms. The number of aryl methyl sites for hydroxylation is 1. The molecule has 112 valence electrons. The van der Waals surface area contributed by atoms with E-state index in [4.69, 9.17) is 9.47 Å². The summed E-state index contributed by atoms with van der Waals surface area (Å²) < 4.78 is 9.68. The van der Waals surface area contributed by atoms with Crippen LogP contribution in [0, 0.1) is 6.92 Å². The van der Waals surface area contributed by atoms with E-state index in [0.717, 1.165) is 16.3 Å². The normalized spacial score (nSPS) is 10.9. The van der Waals surface area contributed by atoms with Gasteiger partial charge in [0.05, 0.1) is 30.9 Å². The zero-order valence-electron chi connectivity index (χ0n) is 12.5. The molecule has 0 saturated heterocycles. The predicted octanol–water partition coefficient (Wildman–Crippen LogP) is 3.20. The fourth-order valence-electron chi connectivity index (χ4n) is 2.79. The highest BCUT2D eigenvalue weighted by atomic mass is 16.5. The van der Waals surface area contributed by atoms with Gasteiger partial charge in [-0.2, -0.15) is 0 Å². The van der Waals surface area contributed by atoms with Crippen LogP contribution in [0.1, 0.15) is 26.3 Å². The molecule has 0 aliphatic carbocycles. The number of benzene rings is 2. The Hall–Kier alpha value is -2.82. The fourth-order valence-corrected chi connectivity index (χ4v) is 2.79. The van der Waals surface area contributed by atoms with E-state index < -0.39 is 11.9 Å². The van der Waals surface area contributed by atoms with Crippen molar-refractivity contribution in [2.45, 2.75) is 6.92 Å². The second-order valence-corrected chi connectivity index (χ2v) is 5.02. The van der Waals surface area contributed by atoms with E-state index in [1.165, 1.54) is 14.2 Å². The summed E-state index contributed by atoms with van der Waals surface area (Å²) in [4.78, 5) is 27.5. The summed E-state index contributed by atoms with van der Waals surface area (Å²) in [5.74, 6) is -1.13. The van der Waals surface area contributed by atoms with Crippen LogP contribution < -0.4 is 0 Å². The average molecular weight is 297 g/mol. The van der Waals surface area contributed by atoms with Crippen molar-refractivity contribution in [3.05, 3.63) is 47.0 Å². The third-order valence-corrected chi connectivity index (χ3v) is 3.78. The molecular weight excluding hydrogens is 282 g/mol. The van der Waals surface area contributed by atoms with Crippen LogP contribution in [0.2, 0.25) is 0 Å². The molecule has 0 spiro atoms. The molecule has 0 amide bonds. The molecule has 3 aromatic rings. The van der Waals surface area contributed by atoms with E-state index in [-0.39, 0.29) is 11.1 Å². The first-order valence-electron chi connectivity index (χ1n) is 6.79. The number of para-hydroxylation sites is 1. The van der Waals surface area contributed by atoms with Crippen molar-refractivity contribution in [2.24, 2.45) is 0 Å². The standard InChI is InChI=1S/C17H15NO4/c1-9-8-11-10-6-4-5-7-12(10)18-15(11)14(17(20)22-3)13(9)16(19)21-2/h4-8,18H,1-3H3. The Labute approximate surface area is 126 Å². The fraction of sp³-hybridized carbons (Fsp3) is 0.176. The molecular formula is C17H15NO4. The molecule has 0 aliphatic heterocycles. The van der Waals surface area contributed by atoms with Gasteiger partial charge in [-0.25, -0.2) is 9.59 Å². The van der Waals surface area contributed by atoms with Crippen molar-refractivity contribution in [3.8, 4) is 0 Å². The highest BCUT2D eigenvalue weighted by Crippen LogP contribution is 2.32. The second-order valence-electron chi connectivity index (χ2n) is 5.02. The minimum absolute atomic E-state index is 0.209. The smallest absolute Gasteiger partial charge is 0.340 e. The second kappa shape index (κ2) is 5.18. The maximum absolute atomic E-state index is 12.2. The first kappa shape index (κ1) is 14.1. The summed E-state index contributed by atoms with van der Waals surface area (Å²) >= 11 is 0. The lowest BCUT2D eigenvalue weighted by Gasteiger charge is -2.11. The lowest BCUT2D eigenvalue weighted by atomic mass is 9.97. The number of aromatic amines is 1. The van der Waals surface area contributed by atoms with Crippen LogP contribution in [0.3, 0.4) is 0 Å². The Balaban J connectivity index is 2.50. The first-order chi connectivity index (χ1) is 10.6. The molecule has 0 radical (unpaired) electrons. The zero-order chi connectivity index (χ0) is 15.9. The van der Waals surface area contributed by atoms with Gasteiger partial charge in [0.25, 0.3) is 0 Å². The van der Waals surface area contributed by atoms with E-state index in [2.05, 4.69) is 4.98 Å². The van der Waals surface area contributed by atoms with Gasteiger partial charge in [0, 0.05) is 16.3 Å². The number of nitrogens with one attached hydrogen (secondary N) is 1. The average Bonchev–Trinajstić information content (AvgIpc) is 2.90. The number of hydrogen-bond acceptors (Lipinski definition) is 4. The maximum atomic E-state index is 12.2. The van der Waals surface area contributed by atoms with E-state index in [0.29, 0.717) is 11.1 Å². The SMILES string of the molecule is COC(=O)c1c(C)cc2c([nH]c3ccccc32)c1C(=O)OC. The molecule has 1 aromatic heterocycles. The summed E-state index contributed by atoms with van der Waals surface area (Å²) in [7, 11) is 2.58. The minimum atomic E-state index is -0.569. The highest BCUT2D eigenvalue weighted by molar-refractivity contribution is 6.18. The van der Waals surface area contributed by atoms with Gasteiger partial charge in [-0.3, -0.25) is 0 Å². The van der Waals surface area contributed by atoms with Crippen LogP contribution in [0.15, 0.2) is 30.3 Å². The molecule has 0 aliphatic rings. The quantitative estimate of drug-likeness (QED) is 0.737. The third kappa shape index (κ3) is 1.94. The Morgan fingerprint density at radius 3 is 2.27 bits per heavy atom. The Morgan fingerprint density at radius 2 is 1.59 bits per heavy atom. The Kier molecular flexibility index (Phi) is 3.33. The van der Waals surface area contributed by atoms with Gasteiger partial charge in [0.15, 0.2) is 0 Å². The molecule has 0 saturated carbocycles. The number of esters is 2. The lowest BCUT2D eigenvalue weighted by Crippen LogP contribution is -2.14. The van der Waals surface area contributed by atoms with Crippen molar-refractivity contribution >= 4 is 33.7 Å². The van der Waals surface area contributed by atoms with Crippen LogP contribution in [0.5, 0.6) is 0 Å². The molecule has 0 unspecified atom stereocenters. The monoisotopic (exact) mass is 297 g/mol. The van der Waals surface area contributed by atoms with E-state index >= 15 is 0 Å². The van der Waals surface area contributed by atoms with Gasteiger partial charge in [-0.15, -0.1) is 0 Å². The zero-order valence-corrected chi connectivity index (χ0v) is 12.5. The maximum Gasteiger partial charge on any atom is 0.340 e. The number of carbonyl (C=O) groups is 2. The highest BCUT2D eigenvalue weighted by Gasteiger charge is 2.25. The van der Waals surface area contributed by atoms with Crippen molar-refractivity contribution in [2.75, 3.05) is 14.2 Å². The molecule has 0 fully saturated rings. The molecule has 1 heterocycles. The van der Waals surface area contributed by atoms with Crippen molar-refractivity contribution in [3.63, 3.8) is 0 Å². The van der Waals surface area contributed by atoms with Crippen molar-refractivity contribution in [1.82, 2.24) is 4.98 Å². The summed E-state index contributed by atoms with van der Waals surface area (Å²) in [5.41, 5.74) is 2.58.